The summed E-state index contributed by atoms with van der Waals surface area (Å²) in [5.41, 5.74) is 0. The molecule has 0 fully saturated rings. The highest BCUT2D eigenvalue weighted by molar-refractivity contribution is 7.99. The summed E-state index contributed by atoms with van der Waals surface area (Å²) in [4.78, 5) is 26.8. The van der Waals surface area contributed by atoms with Crippen LogP contribution in [0.2, 0.25) is 0 Å². The van der Waals surface area contributed by atoms with Gasteiger partial charge in [0.25, 0.3) is 0 Å². The van der Waals surface area contributed by atoms with Crippen molar-refractivity contribution < 1.29 is 9.59 Å². The van der Waals surface area contributed by atoms with Crippen LogP contribution in [0.3, 0.4) is 0 Å². The molecule has 0 saturated heterocycles. The first-order valence-electron chi connectivity index (χ1n) is 5.28. The van der Waals surface area contributed by atoms with Crippen molar-refractivity contribution in [2.45, 2.75) is 32.0 Å². The monoisotopic (exact) mass is 256 g/mol. The van der Waals surface area contributed by atoms with E-state index in [4.69, 9.17) is 0 Å². The van der Waals surface area contributed by atoms with E-state index < -0.39 is 6.04 Å². The Kier molecular flexibility index (Phi) is 5.14. The third kappa shape index (κ3) is 4.56. The number of thioether (sulfide) groups is 1. The van der Waals surface area contributed by atoms with Crippen LogP contribution in [-0.4, -0.2) is 38.7 Å². The molecule has 6 nitrogen and oxygen atoms in total. The van der Waals surface area contributed by atoms with Gasteiger partial charge in [0.1, 0.15) is 6.33 Å². The van der Waals surface area contributed by atoms with Crippen LogP contribution in [0.1, 0.15) is 20.8 Å². The fourth-order valence-electron chi connectivity index (χ4n) is 1.35. The lowest BCUT2D eigenvalue weighted by atomic mass is 10.0. The summed E-state index contributed by atoms with van der Waals surface area (Å²) < 4.78 is 0. The van der Waals surface area contributed by atoms with Gasteiger partial charge in [-0.05, 0) is 12.8 Å². The van der Waals surface area contributed by atoms with Gasteiger partial charge < -0.3 is 5.32 Å². The van der Waals surface area contributed by atoms with Crippen molar-refractivity contribution in [2.75, 3.05) is 5.75 Å². The zero-order chi connectivity index (χ0) is 12.8. The maximum atomic E-state index is 11.6. The van der Waals surface area contributed by atoms with Gasteiger partial charge in [-0.1, -0.05) is 25.6 Å². The third-order valence-corrected chi connectivity index (χ3v) is 3.03. The van der Waals surface area contributed by atoms with Crippen LogP contribution in [0.4, 0.5) is 0 Å². The summed E-state index contributed by atoms with van der Waals surface area (Å²) in [7, 11) is 0. The molecule has 1 aromatic rings. The quantitative estimate of drug-likeness (QED) is 0.729. The molecule has 2 N–H and O–H groups in total. The maximum Gasteiger partial charge on any atom is 0.231 e. The van der Waals surface area contributed by atoms with Crippen molar-refractivity contribution in [1.29, 1.82) is 0 Å². The van der Waals surface area contributed by atoms with Gasteiger partial charge in [0.15, 0.2) is 10.9 Å². The standard InChI is InChI=1S/C10H16N4O2S/c1-6(2)9(7(3)15)13-8(16)4-17-10-11-5-12-14-10/h5-6,9H,4H2,1-3H3,(H,13,16)(H,11,12,14). The average molecular weight is 256 g/mol. The Hall–Kier alpha value is -1.37. The summed E-state index contributed by atoms with van der Waals surface area (Å²) in [6.45, 7) is 5.28. The predicted molar refractivity (Wildman–Crippen MR) is 64.6 cm³/mol. The number of hydrogen-bond acceptors (Lipinski definition) is 5. The van der Waals surface area contributed by atoms with Crippen LogP contribution in [0.15, 0.2) is 11.5 Å². The summed E-state index contributed by atoms with van der Waals surface area (Å²) in [6.07, 6.45) is 1.38. The maximum absolute atomic E-state index is 11.6. The molecule has 1 unspecified atom stereocenters. The van der Waals surface area contributed by atoms with Crippen molar-refractivity contribution in [3.05, 3.63) is 6.33 Å². The van der Waals surface area contributed by atoms with Gasteiger partial charge in [-0.3, -0.25) is 14.7 Å². The number of aromatic nitrogens is 3. The average Bonchev–Trinajstić information content (AvgIpc) is 2.74. The molecule has 7 heteroatoms. The molecule has 94 valence electrons. The fourth-order valence-corrected chi connectivity index (χ4v) is 1.94. The first-order valence-corrected chi connectivity index (χ1v) is 6.27. The molecule has 0 aliphatic rings. The van der Waals surface area contributed by atoms with E-state index in [0.717, 1.165) is 0 Å². The SMILES string of the molecule is CC(=O)C(NC(=O)CSc1ncn[nH]1)C(C)C. The van der Waals surface area contributed by atoms with Crippen molar-refractivity contribution in [1.82, 2.24) is 20.5 Å². The minimum absolute atomic E-state index is 0.0296. The molecular formula is C10H16N4O2S. The number of aromatic amines is 1. The molecular weight excluding hydrogens is 240 g/mol. The van der Waals surface area contributed by atoms with Gasteiger partial charge in [0, 0.05) is 0 Å². The lowest BCUT2D eigenvalue weighted by molar-refractivity contribution is -0.126. The topological polar surface area (TPSA) is 87.7 Å². The van der Waals surface area contributed by atoms with Crippen LogP contribution < -0.4 is 5.32 Å². The van der Waals surface area contributed by atoms with Crippen LogP contribution in [-0.2, 0) is 9.59 Å². The summed E-state index contributed by atoms with van der Waals surface area (Å²) in [5, 5.41) is 9.62. The Morgan fingerprint density at radius 3 is 2.71 bits per heavy atom. The number of rotatable bonds is 6. The highest BCUT2D eigenvalue weighted by Gasteiger charge is 2.20. The third-order valence-electron chi connectivity index (χ3n) is 2.15. The fraction of sp³-hybridized carbons (Fsp3) is 0.600. The molecule has 1 aromatic heterocycles. The van der Waals surface area contributed by atoms with Crippen molar-refractivity contribution in [3.63, 3.8) is 0 Å². The molecule has 1 atom stereocenters. The lowest BCUT2D eigenvalue weighted by Crippen LogP contribution is -2.44. The van der Waals surface area contributed by atoms with E-state index in [1.807, 2.05) is 13.8 Å². The lowest BCUT2D eigenvalue weighted by Gasteiger charge is -2.19. The molecule has 0 radical (unpaired) electrons. The Bertz CT molecular complexity index is 378. The van der Waals surface area contributed by atoms with E-state index in [0.29, 0.717) is 5.16 Å². The molecule has 0 bridgehead atoms. The molecule has 0 saturated carbocycles. The summed E-state index contributed by atoms with van der Waals surface area (Å²) in [6, 6.07) is -0.419. The van der Waals surface area contributed by atoms with Gasteiger partial charge in [0.2, 0.25) is 5.91 Å². The van der Waals surface area contributed by atoms with Crippen LogP contribution in [0.5, 0.6) is 0 Å². The van der Waals surface area contributed by atoms with Gasteiger partial charge >= 0.3 is 0 Å². The van der Waals surface area contributed by atoms with E-state index in [9.17, 15) is 9.59 Å². The second kappa shape index (κ2) is 6.39. The summed E-state index contributed by atoms with van der Waals surface area (Å²) in [5.74, 6) is 0.0937. The molecule has 1 rings (SSSR count). The normalized spacial score (nSPS) is 12.5. The number of nitrogens with zero attached hydrogens (tertiary/aromatic N) is 2. The van der Waals surface area contributed by atoms with Gasteiger partial charge in [-0.25, -0.2) is 4.98 Å². The van der Waals surface area contributed by atoms with E-state index in [1.165, 1.54) is 25.0 Å². The number of hydrogen-bond donors (Lipinski definition) is 2. The highest BCUT2D eigenvalue weighted by Crippen LogP contribution is 2.10. The van der Waals surface area contributed by atoms with Gasteiger partial charge in [-0.15, -0.1) is 0 Å². The smallest absolute Gasteiger partial charge is 0.231 e. The molecule has 1 amide bonds. The largest absolute Gasteiger partial charge is 0.345 e. The molecule has 17 heavy (non-hydrogen) atoms. The van der Waals surface area contributed by atoms with Crippen molar-refractivity contribution >= 4 is 23.5 Å². The number of carbonyl (C=O) groups is 2. The zero-order valence-corrected chi connectivity index (χ0v) is 10.9. The number of amides is 1. The zero-order valence-electron chi connectivity index (χ0n) is 10.1. The van der Waals surface area contributed by atoms with E-state index in [1.54, 1.807) is 0 Å². The van der Waals surface area contributed by atoms with E-state index in [-0.39, 0.29) is 23.4 Å². The summed E-state index contributed by atoms with van der Waals surface area (Å²) >= 11 is 1.25. The second-order valence-electron chi connectivity index (χ2n) is 3.98. The Morgan fingerprint density at radius 2 is 2.24 bits per heavy atom. The molecule has 0 aromatic carbocycles. The van der Waals surface area contributed by atoms with Crippen molar-refractivity contribution in [3.8, 4) is 0 Å². The molecule has 0 aliphatic carbocycles. The minimum Gasteiger partial charge on any atom is -0.345 e. The first-order chi connectivity index (χ1) is 8.00. The van der Waals surface area contributed by atoms with Gasteiger partial charge in [0.05, 0.1) is 11.8 Å². The van der Waals surface area contributed by atoms with Crippen LogP contribution in [0.25, 0.3) is 0 Å². The number of nitrogens with one attached hydrogen (secondary N) is 2. The number of H-pyrrole nitrogens is 1. The molecule has 1 heterocycles. The van der Waals surface area contributed by atoms with Crippen LogP contribution in [0, 0.1) is 5.92 Å². The Balaban J connectivity index is 2.40. The Morgan fingerprint density at radius 1 is 1.53 bits per heavy atom. The number of Topliss-reactive ketones (excluding diaryl/α,β-unsaturated/α-hetero) is 1. The van der Waals surface area contributed by atoms with Gasteiger partial charge in [-0.2, -0.15) is 5.10 Å². The van der Waals surface area contributed by atoms with E-state index in [2.05, 4.69) is 20.5 Å². The number of ketones is 1. The molecule has 0 spiro atoms. The molecule has 0 aliphatic heterocycles. The number of carbonyl (C=O) groups excluding carboxylic acids is 2. The second-order valence-corrected chi connectivity index (χ2v) is 4.94. The highest BCUT2D eigenvalue weighted by atomic mass is 32.2. The Labute approximate surface area is 104 Å². The first kappa shape index (κ1) is 13.7. The van der Waals surface area contributed by atoms with Crippen molar-refractivity contribution in [2.24, 2.45) is 5.92 Å². The minimum atomic E-state index is -0.419. The van der Waals surface area contributed by atoms with Crippen LogP contribution >= 0.6 is 11.8 Å². The van der Waals surface area contributed by atoms with E-state index >= 15 is 0 Å². The predicted octanol–water partition coefficient (Wildman–Crippen LogP) is 0.627.